The molecule has 0 aliphatic heterocycles. The van der Waals surface area contributed by atoms with Gasteiger partial charge < -0.3 is 10.0 Å². The zero-order valence-corrected chi connectivity index (χ0v) is 12.5. The molecule has 1 atom stereocenters. The molecule has 19 heavy (non-hydrogen) atoms. The van der Waals surface area contributed by atoms with E-state index in [1.165, 1.54) is 11.8 Å². The van der Waals surface area contributed by atoms with Crippen molar-refractivity contribution < 1.29 is 14.7 Å². The second-order valence-electron chi connectivity index (χ2n) is 4.37. The van der Waals surface area contributed by atoms with Gasteiger partial charge in [0, 0.05) is 18.4 Å². The standard InChI is InChI=1S/C14H19NO3S/c1-5-15(10(2)16)14(3,13(17)18)11-6-8-12(19-4)9-7-11/h6-9H,5H2,1-4H3,(H,17,18). The number of nitrogens with zero attached hydrogens (tertiary/aromatic N) is 1. The summed E-state index contributed by atoms with van der Waals surface area (Å²) in [5, 5.41) is 9.56. The van der Waals surface area contributed by atoms with Crippen LogP contribution in [0.3, 0.4) is 0 Å². The minimum Gasteiger partial charge on any atom is -0.479 e. The number of carbonyl (C=O) groups excluding carboxylic acids is 1. The first kappa shape index (κ1) is 15.6. The lowest BCUT2D eigenvalue weighted by Crippen LogP contribution is -2.51. The molecule has 1 amide bonds. The Labute approximate surface area is 117 Å². The fourth-order valence-corrected chi connectivity index (χ4v) is 2.57. The molecule has 1 N–H and O–H groups in total. The van der Waals surface area contributed by atoms with E-state index in [0.29, 0.717) is 12.1 Å². The van der Waals surface area contributed by atoms with Gasteiger partial charge in [0.1, 0.15) is 0 Å². The van der Waals surface area contributed by atoms with Crippen molar-refractivity contribution in [1.29, 1.82) is 0 Å². The zero-order valence-electron chi connectivity index (χ0n) is 11.6. The van der Waals surface area contributed by atoms with Gasteiger partial charge in [-0.1, -0.05) is 12.1 Å². The van der Waals surface area contributed by atoms with Crippen LogP contribution in [0.2, 0.25) is 0 Å². The average Bonchev–Trinajstić information content (AvgIpc) is 2.38. The molecule has 0 heterocycles. The summed E-state index contributed by atoms with van der Waals surface area (Å²) in [5.41, 5.74) is -0.729. The van der Waals surface area contributed by atoms with E-state index in [-0.39, 0.29) is 5.91 Å². The number of hydrogen-bond acceptors (Lipinski definition) is 3. The van der Waals surface area contributed by atoms with E-state index in [4.69, 9.17) is 0 Å². The van der Waals surface area contributed by atoms with E-state index in [1.807, 2.05) is 18.4 Å². The number of carbonyl (C=O) groups is 2. The van der Waals surface area contributed by atoms with E-state index in [2.05, 4.69) is 0 Å². The van der Waals surface area contributed by atoms with Crippen LogP contribution in [0.1, 0.15) is 26.3 Å². The number of aliphatic carboxylic acids is 1. The molecule has 0 radical (unpaired) electrons. The minimum absolute atomic E-state index is 0.249. The van der Waals surface area contributed by atoms with Gasteiger partial charge in [0.25, 0.3) is 0 Å². The van der Waals surface area contributed by atoms with Gasteiger partial charge in [-0.05, 0) is 37.8 Å². The molecule has 0 bridgehead atoms. The van der Waals surface area contributed by atoms with Crippen LogP contribution in [-0.2, 0) is 15.1 Å². The second-order valence-corrected chi connectivity index (χ2v) is 5.25. The van der Waals surface area contributed by atoms with Gasteiger partial charge in [-0.3, -0.25) is 4.79 Å². The Hall–Kier alpha value is -1.49. The Morgan fingerprint density at radius 2 is 1.84 bits per heavy atom. The van der Waals surface area contributed by atoms with Crippen molar-refractivity contribution in [1.82, 2.24) is 4.90 Å². The van der Waals surface area contributed by atoms with Crippen LogP contribution in [0.4, 0.5) is 0 Å². The molecular weight excluding hydrogens is 262 g/mol. The predicted octanol–water partition coefficient (Wildman–Crippen LogP) is 2.58. The topological polar surface area (TPSA) is 57.6 Å². The van der Waals surface area contributed by atoms with Crippen LogP contribution in [0.25, 0.3) is 0 Å². The molecule has 1 aromatic carbocycles. The molecule has 0 fully saturated rings. The third-order valence-electron chi connectivity index (χ3n) is 3.30. The molecular formula is C14H19NO3S. The Kier molecular flexibility index (Phi) is 5.00. The van der Waals surface area contributed by atoms with Crippen molar-refractivity contribution in [2.75, 3.05) is 12.8 Å². The molecule has 0 aliphatic carbocycles. The Balaban J connectivity index is 3.31. The van der Waals surface area contributed by atoms with Crippen LogP contribution in [-0.4, -0.2) is 34.7 Å². The number of carboxylic acids is 1. The molecule has 0 aromatic heterocycles. The highest BCUT2D eigenvalue weighted by Crippen LogP contribution is 2.30. The molecule has 0 saturated carbocycles. The smallest absolute Gasteiger partial charge is 0.334 e. The first-order valence-electron chi connectivity index (χ1n) is 6.04. The third-order valence-corrected chi connectivity index (χ3v) is 4.05. The third kappa shape index (κ3) is 2.92. The lowest BCUT2D eigenvalue weighted by Gasteiger charge is -2.37. The minimum atomic E-state index is -1.34. The molecule has 1 unspecified atom stereocenters. The summed E-state index contributed by atoms with van der Waals surface area (Å²) < 4.78 is 0. The van der Waals surface area contributed by atoms with Crippen molar-refractivity contribution in [2.45, 2.75) is 31.2 Å². The summed E-state index contributed by atoms with van der Waals surface area (Å²) in [4.78, 5) is 25.8. The Bertz CT molecular complexity index is 472. The monoisotopic (exact) mass is 281 g/mol. The van der Waals surface area contributed by atoms with E-state index in [1.54, 1.807) is 37.7 Å². The molecule has 1 aromatic rings. The number of benzene rings is 1. The quantitative estimate of drug-likeness (QED) is 0.843. The van der Waals surface area contributed by atoms with Gasteiger partial charge >= 0.3 is 5.97 Å². The number of carboxylic acid groups (broad SMARTS) is 1. The highest BCUT2D eigenvalue weighted by atomic mass is 32.2. The Morgan fingerprint density at radius 1 is 1.32 bits per heavy atom. The fraction of sp³-hybridized carbons (Fsp3) is 0.429. The predicted molar refractivity (Wildman–Crippen MR) is 76.3 cm³/mol. The maximum Gasteiger partial charge on any atom is 0.334 e. The summed E-state index contributed by atoms with van der Waals surface area (Å²) in [7, 11) is 0. The maximum absolute atomic E-state index is 11.7. The number of likely N-dealkylation sites (N-methyl/N-ethyl adjacent to an activating group) is 1. The maximum atomic E-state index is 11.7. The zero-order chi connectivity index (χ0) is 14.6. The summed E-state index contributed by atoms with van der Waals surface area (Å²) >= 11 is 1.59. The normalized spacial score (nSPS) is 13.7. The van der Waals surface area contributed by atoms with Crippen LogP contribution in [0, 0.1) is 0 Å². The number of hydrogen-bond donors (Lipinski definition) is 1. The van der Waals surface area contributed by atoms with Crippen molar-refractivity contribution in [2.24, 2.45) is 0 Å². The largest absolute Gasteiger partial charge is 0.479 e. The molecule has 0 saturated heterocycles. The molecule has 0 aliphatic rings. The highest BCUT2D eigenvalue weighted by molar-refractivity contribution is 7.98. The second kappa shape index (κ2) is 6.10. The van der Waals surface area contributed by atoms with E-state index < -0.39 is 11.5 Å². The first-order valence-corrected chi connectivity index (χ1v) is 7.26. The molecule has 1 rings (SSSR count). The molecule has 104 valence electrons. The summed E-state index contributed by atoms with van der Waals surface area (Å²) in [6.07, 6.45) is 1.96. The van der Waals surface area contributed by atoms with Crippen LogP contribution in [0.15, 0.2) is 29.2 Å². The number of rotatable bonds is 5. The van der Waals surface area contributed by atoms with E-state index in [0.717, 1.165) is 4.90 Å². The van der Waals surface area contributed by atoms with Crippen LogP contribution in [0.5, 0.6) is 0 Å². The van der Waals surface area contributed by atoms with Crippen LogP contribution >= 0.6 is 11.8 Å². The van der Waals surface area contributed by atoms with Crippen molar-refractivity contribution in [3.8, 4) is 0 Å². The fourth-order valence-electron chi connectivity index (χ4n) is 2.16. The number of thioether (sulfide) groups is 1. The molecule has 0 spiro atoms. The van der Waals surface area contributed by atoms with Gasteiger partial charge in [0.2, 0.25) is 5.91 Å². The Morgan fingerprint density at radius 3 is 2.16 bits per heavy atom. The SMILES string of the molecule is CCN(C(C)=O)C(C)(C(=O)O)c1ccc(SC)cc1. The summed E-state index contributed by atoms with van der Waals surface area (Å²) in [6.45, 7) is 5.08. The summed E-state index contributed by atoms with van der Waals surface area (Å²) in [6, 6.07) is 7.28. The van der Waals surface area contributed by atoms with E-state index in [9.17, 15) is 14.7 Å². The van der Waals surface area contributed by atoms with Gasteiger partial charge in [0.15, 0.2) is 5.54 Å². The average molecular weight is 281 g/mol. The lowest BCUT2D eigenvalue weighted by molar-refractivity contribution is -0.158. The van der Waals surface area contributed by atoms with Crippen molar-refractivity contribution in [3.05, 3.63) is 29.8 Å². The lowest BCUT2D eigenvalue weighted by atomic mass is 9.90. The molecule has 4 nitrogen and oxygen atoms in total. The highest BCUT2D eigenvalue weighted by Gasteiger charge is 2.42. The summed E-state index contributed by atoms with van der Waals surface area (Å²) in [5.74, 6) is -1.28. The van der Waals surface area contributed by atoms with Gasteiger partial charge in [-0.15, -0.1) is 11.8 Å². The van der Waals surface area contributed by atoms with E-state index >= 15 is 0 Å². The van der Waals surface area contributed by atoms with Crippen molar-refractivity contribution >= 4 is 23.6 Å². The van der Waals surface area contributed by atoms with Crippen LogP contribution < -0.4 is 0 Å². The van der Waals surface area contributed by atoms with Gasteiger partial charge in [-0.25, -0.2) is 4.79 Å². The molecule has 5 heteroatoms. The first-order chi connectivity index (χ1) is 8.87. The van der Waals surface area contributed by atoms with Gasteiger partial charge in [-0.2, -0.15) is 0 Å². The van der Waals surface area contributed by atoms with Crippen molar-refractivity contribution in [3.63, 3.8) is 0 Å². The van der Waals surface area contributed by atoms with Gasteiger partial charge in [0.05, 0.1) is 0 Å². The number of amides is 1.